The van der Waals surface area contributed by atoms with E-state index in [0.29, 0.717) is 6.04 Å². The molecule has 1 aliphatic carbocycles. The van der Waals surface area contributed by atoms with Gasteiger partial charge in [0.15, 0.2) is 0 Å². The minimum absolute atomic E-state index is 0.548. The lowest BCUT2D eigenvalue weighted by molar-refractivity contribution is 0.413. The van der Waals surface area contributed by atoms with Gasteiger partial charge in [0.1, 0.15) is 5.75 Å². The van der Waals surface area contributed by atoms with E-state index in [1.165, 1.54) is 31.2 Å². The molecule has 4 nitrogen and oxygen atoms in total. The van der Waals surface area contributed by atoms with Gasteiger partial charge in [-0.25, -0.2) is 4.98 Å². The molecule has 1 heterocycles. The first-order chi connectivity index (χ1) is 9.78. The van der Waals surface area contributed by atoms with Gasteiger partial charge < -0.3 is 10.1 Å². The second-order valence-electron chi connectivity index (χ2n) is 5.42. The number of anilines is 1. The molecular weight excluding hydrogens is 250 g/mol. The van der Waals surface area contributed by atoms with E-state index in [4.69, 9.17) is 4.74 Å². The first kappa shape index (κ1) is 13.0. The Labute approximate surface area is 119 Å². The molecule has 2 aromatic rings. The Balaban J connectivity index is 1.94. The molecule has 1 aromatic carbocycles. The van der Waals surface area contributed by atoms with Crippen LogP contribution in [0.3, 0.4) is 0 Å². The highest BCUT2D eigenvalue weighted by atomic mass is 16.5. The van der Waals surface area contributed by atoms with Crippen molar-refractivity contribution in [3.05, 3.63) is 36.2 Å². The van der Waals surface area contributed by atoms with Crippen molar-refractivity contribution in [2.75, 3.05) is 12.4 Å². The Morgan fingerprint density at radius 2 is 2.10 bits per heavy atom. The summed E-state index contributed by atoms with van der Waals surface area (Å²) in [5.74, 6) is 1.77. The highest BCUT2D eigenvalue weighted by Gasteiger charge is 2.18. The normalized spacial score (nSPS) is 15.5. The summed E-state index contributed by atoms with van der Waals surface area (Å²) in [6.07, 6.45) is 8.90. The third-order valence-corrected chi connectivity index (χ3v) is 3.92. The van der Waals surface area contributed by atoms with Gasteiger partial charge in [0.2, 0.25) is 5.95 Å². The zero-order valence-corrected chi connectivity index (χ0v) is 12.1. The topological polar surface area (TPSA) is 39.1 Å². The van der Waals surface area contributed by atoms with Crippen LogP contribution in [0, 0.1) is 6.92 Å². The molecule has 0 saturated heterocycles. The fourth-order valence-electron chi connectivity index (χ4n) is 2.85. The Bertz CT molecular complexity index is 585. The number of hydrogen-bond acceptors (Lipinski definition) is 3. The van der Waals surface area contributed by atoms with Crippen molar-refractivity contribution in [3.63, 3.8) is 0 Å². The van der Waals surface area contributed by atoms with Crippen molar-refractivity contribution in [1.29, 1.82) is 0 Å². The van der Waals surface area contributed by atoms with Crippen LogP contribution in [0.2, 0.25) is 0 Å². The maximum absolute atomic E-state index is 5.47. The molecule has 1 fully saturated rings. The summed E-state index contributed by atoms with van der Waals surface area (Å²) in [5.41, 5.74) is 2.24. The average Bonchev–Trinajstić information content (AvgIpc) is 3.11. The Morgan fingerprint density at radius 3 is 2.85 bits per heavy atom. The zero-order chi connectivity index (χ0) is 13.9. The molecule has 0 radical (unpaired) electrons. The number of nitrogens with one attached hydrogen (secondary N) is 1. The molecule has 1 aromatic heterocycles. The lowest BCUT2D eigenvalue weighted by Gasteiger charge is -2.16. The van der Waals surface area contributed by atoms with Crippen LogP contribution in [0.15, 0.2) is 30.6 Å². The monoisotopic (exact) mass is 271 g/mol. The largest absolute Gasteiger partial charge is 0.495 e. The number of aryl methyl sites for hydroxylation is 1. The van der Waals surface area contributed by atoms with Crippen molar-refractivity contribution in [2.45, 2.75) is 38.6 Å². The van der Waals surface area contributed by atoms with Crippen LogP contribution >= 0.6 is 0 Å². The lowest BCUT2D eigenvalue weighted by atomic mass is 10.2. The molecule has 1 saturated carbocycles. The number of benzene rings is 1. The van der Waals surface area contributed by atoms with Crippen LogP contribution in [-0.4, -0.2) is 22.7 Å². The Morgan fingerprint density at radius 1 is 1.30 bits per heavy atom. The highest BCUT2D eigenvalue weighted by molar-refractivity contribution is 5.53. The van der Waals surface area contributed by atoms with Crippen LogP contribution in [0.5, 0.6) is 5.75 Å². The summed E-state index contributed by atoms with van der Waals surface area (Å²) >= 11 is 0. The van der Waals surface area contributed by atoms with Gasteiger partial charge >= 0.3 is 0 Å². The first-order valence-electron chi connectivity index (χ1n) is 7.23. The fraction of sp³-hybridized carbons (Fsp3) is 0.438. The average molecular weight is 271 g/mol. The minimum Gasteiger partial charge on any atom is -0.495 e. The number of aromatic nitrogens is 2. The first-order valence-corrected chi connectivity index (χ1v) is 7.23. The standard InChI is InChI=1S/C16H21N3O/c1-12-7-8-15(20-2)14(11-12)19-10-9-17-16(19)18-13-5-3-4-6-13/h7-11,13H,3-6H2,1-2H3,(H,17,18). The lowest BCUT2D eigenvalue weighted by Crippen LogP contribution is -2.17. The van der Waals surface area contributed by atoms with Crippen molar-refractivity contribution < 1.29 is 4.74 Å². The summed E-state index contributed by atoms with van der Waals surface area (Å²) in [6.45, 7) is 2.09. The molecule has 20 heavy (non-hydrogen) atoms. The van der Waals surface area contributed by atoms with Gasteiger partial charge in [0.05, 0.1) is 12.8 Å². The molecular formula is C16H21N3O. The van der Waals surface area contributed by atoms with E-state index >= 15 is 0 Å². The molecule has 0 spiro atoms. The molecule has 0 atom stereocenters. The quantitative estimate of drug-likeness (QED) is 0.924. The van der Waals surface area contributed by atoms with Crippen LogP contribution in [0.25, 0.3) is 5.69 Å². The Kier molecular flexibility index (Phi) is 3.63. The third kappa shape index (κ3) is 2.50. The molecule has 4 heteroatoms. The zero-order valence-electron chi connectivity index (χ0n) is 12.1. The SMILES string of the molecule is COc1ccc(C)cc1-n1ccnc1NC1CCCC1. The summed E-state index contributed by atoms with van der Waals surface area (Å²) < 4.78 is 7.55. The molecule has 0 unspecified atom stereocenters. The third-order valence-electron chi connectivity index (χ3n) is 3.92. The van der Waals surface area contributed by atoms with Crippen molar-refractivity contribution >= 4 is 5.95 Å². The summed E-state index contributed by atoms with van der Waals surface area (Å²) in [4.78, 5) is 4.46. The van der Waals surface area contributed by atoms with E-state index in [9.17, 15) is 0 Å². The second kappa shape index (κ2) is 5.57. The fourth-order valence-corrected chi connectivity index (χ4v) is 2.85. The summed E-state index contributed by atoms with van der Waals surface area (Å²) in [7, 11) is 1.70. The van der Waals surface area contributed by atoms with Gasteiger partial charge in [-0.1, -0.05) is 18.9 Å². The van der Waals surface area contributed by atoms with Crippen LogP contribution in [-0.2, 0) is 0 Å². The number of hydrogen-bond donors (Lipinski definition) is 1. The van der Waals surface area contributed by atoms with Gasteiger partial charge in [0.25, 0.3) is 0 Å². The van der Waals surface area contributed by atoms with E-state index in [0.717, 1.165) is 17.4 Å². The predicted octanol–water partition coefficient (Wildman–Crippen LogP) is 3.54. The number of imidazole rings is 1. The van der Waals surface area contributed by atoms with Crippen LogP contribution in [0.4, 0.5) is 5.95 Å². The molecule has 3 rings (SSSR count). The van der Waals surface area contributed by atoms with Gasteiger partial charge in [-0.15, -0.1) is 0 Å². The molecule has 1 N–H and O–H groups in total. The van der Waals surface area contributed by atoms with Crippen molar-refractivity contribution in [2.24, 2.45) is 0 Å². The molecule has 106 valence electrons. The van der Waals surface area contributed by atoms with E-state index in [1.54, 1.807) is 7.11 Å². The number of ether oxygens (including phenoxy) is 1. The maximum atomic E-state index is 5.47. The van der Waals surface area contributed by atoms with Crippen LogP contribution < -0.4 is 10.1 Å². The van der Waals surface area contributed by atoms with Crippen molar-refractivity contribution in [3.8, 4) is 11.4 Å². The van der Waals surface area contributed by atoms with E-state index in [1.807, 2.05) is 18.5 Å². The number of nitrogens with zero attached hydrogens (tertiary/aromatic N) is 2. The second-order valence-corrected chi connectivity index (χ2v) is 5.42. The maximum Gasteiger partial charge on any atom is 0.207 e. The molecule has 1 aliphatic rings. The molecule has 0 bridgehead atoms. The Hall–Kier alpha value is -1.97. The predicted molar refractivity (Wildman–Crippen MR) is 80.7 cm³/mol. The number of methoxy groups -OCH3 is 1. The summed E-state index contributed by atoms with van der Waals surface area (Å²) in [6, 6.07) is 6.74. The van der Waals surface area contributed by atoms with E-state index in [2.05, 4.69) is 33.9 Å². The molecule has 0 amide bonds. The van der Waals surface area contributed by atoms with E-state index in [-0.39, 0.29) is 0 Å². The van der Waals surface area contributed by atoms with E-state index < -0.39 is 0 Å². The van der Waals surface area contributed by atoms with Gasteiger partial charge in [-0.3, -0.25) is 4.57 Å². The van der Waals surface area contributed by atoms with Gasteiger partial charge in [0, 0.05) is 18.4 Å². The van der Waals surface area contributed by atoms with Gasteiger partial charge in [-0.2, -0.15) is 0 Å². The number of rotatable bonds is 4. The minimum atomic E-state index is 0.548. The van der Waals surface area contributed by atoms with Crippen molar-refractivity contribution in [1.82, 2.24) is 9.55 Å². The summed E-state index contributed by atoms with van der Waals surface area (Å²) in [5, 5.41) is 3.56. The molecule has 0 aliphatic heterocycles. The van der Waals surface area contributed by atoms with Gasteiger partial charge in [-0.05, 0) is 37.5 Å². The smallest absolute Gasteiger partial charge is 0.207 e. The van der Waals surface area contributed by atoms with Crippen LogP contribution in [0.1, 0.15) is 31.2 Å². The highest BCUT2D eigenvalue weighted by Crippen LogP contribution is 2.28.